The fourth-order valence-corrected chi connectivity index (χ4v) is 4.27. The van der Waals surface area contributed by atoms with Crippen LogP contribution in [0.4, 0.5) is 0 Å². The highest BCUT2D eigenvalue weighted by atomic mass is 79.9. The lowest BCUT2D eigenvalue weighted by Crippen LogP contribution is -2.27. The first-order valence-electron chi connectivity index (χ1n) is 7.47. The summed E-state index contributed by atoms with van der Waals surface area (Å²) in [6, 6.07) is 12.1. The van der Waals surface area contributed by atoms with E-state index in [1.54, 1.807) is 6.20 Å². The molecule has 0 spiro atoms. The molecule has 120 valence electrons. The monoisotopic (exact) mass is 410 g/mol. The molecule has 3 nitrogen and oxygen atoms in total. The van der Waals surface area contributed by atoms with Gasteiger partial charge in [0.05, 0.1) is 11.8 Å². The van der Waals surface area contributed by atoms with Gasteiger partial charge in [-0.25, -0.2) is 4.58 Å². The summed E-state index contributed by atoms with van der Waals surface area (Å²) in [5, 5.41) is 7.10. The van der Waals surface area contributed by atoms with Crippen molar-refractivity contribution < 1.29 is 4.58 Å². The van der Waals surface area contributed by atoms with E-state index in [4.69, 9.17) is 11.6 Å². The Hall–Kier alpha value is -1.04. The smallest absolute Gasteiger partial charge is 0.268 e. The third-order valence-electron chi connectivity index (χ3n) is 3.63. The first-order valence-corrected chi connectivity index (χ1v) is 9.85. The molecule has 1 unspecified atom stereocenters. The van der Waals surface area contributed by atoms with Crippen LogP contribution in [0.15, 0.2) is 48.8 Å². The van der Waals surface area contributed by atoms with Crippen LogP contribution in [0.25, 0.3) is 0 Å². The van der Waals surface area contributed by atoms with Crippen molar-refractivity contribution in [1.29, 1.82) is 0 Å². The Kier molecular flexibility index (Phi) is 5.97. The summed E-state index contributed by atoms with van der Waals surface area (Å²) in [7, 11) is 0. The van der Waals surface area contributed by atoms with Gasteiger partial charge in [-0.3, -0.25) is 10.3 Å². The van der Waals surface area contributed by atoms with Gasteiger partial charge in [0, 0.05) is 33.9 Å². The van der Waals surface area contributed by atoms with Crippen LogP contribution in [-0.4, -0.2) is 31.9 Å². The Morgan fingerprint density at radius 3 is 2.83 bits per heavy atom. The van der Waals surface area contributed by atoms with Gasteiger partial charge in [0.1, 0.15) is 13.1 Å². The number of alkyl halides is 1. The lowest BCUT2D eigenvalue weighted by atomic mass is 10.2. The molecule has 0 saturated carbocycles. The lowest BCUT2D eigenvalue weighted by molar-refractivity contribution is -0.559. The predicted octanol–water partition coefficient (Wildman–Crippen LogP) is 3.90. The van der Waals surface area contributed by atoms with Gasteiger partial charge >= 0.3 is 5.17 Å². The Balaban J connectivity index is 1.88. The molecule has 1 fully saturated rings. The second-order valence-electron chi connectivity index (χ2n) is 5.39. The molecule has 23 heavy (non-hydrogen) atoms. The quantitative estimate of drug-likeness (QED) is 0.597. The standard InChI is InChI=1S/C17H17BrClN3S/c18-8-15-10-21-17(23-15)22(11-13-4-3-7-20-9-13)12-14-5-1-2-6-16(14)19/h1-7,9,15H,8,10-12H2/p+1. The number of hydrogen-bond donors (Lipinski definition) is 1. The van der Waals surface area contributed by atoms with E-state index in [2.05, 4.69) is 42.9 Å². The van der Waals surface area contributed by atoms with E-state index in [0.717, 1.165) is 35.6 Å². The zero-order valence-corrected chi connectivity index (χ0v) is 15.7. The summed E-state index contributed by atoms with van der Waals surface area (Å²) >= 11 is 11.8. The van der Waals surface area contributed by atoms with E-state index in [0.29, 0.717) is 5.25 Å². The minimum Gasteiger partial charge on any atom is -0.268 e. The lowest BCUT2D eigenvalue weighted by Gasteiger charge is -2.11. The summed E-state index contributed by atoms with van der Waals surface area (Å²) < 4.78 is 2.34. The highest BCUT2D eigenvalue weighted by Gasteiger charge is 2.28. The first-order chi connectivity index (χ1) is 11.3. The first kappa shape index (κ1) is 16.8. The number of amidine groups is 1. The van der Waals surface area contributed by atoms with Crippen molar-refractivity contribution in [2.24, 2.45) is 0 Å². The highest BCUT2D eigenvalue weighted by Crippen LogP contribution is 2.22. The average Bonchev–Trinajstić information content (AvgIpc) is 3.06. The summed E-state index contributed by atoms with van der Waals surface area (Å²) in [5.74, 6) is 0. The van der Waals surface area contributed by atoms with Gasteiger partial charge in [-0.1, -0.05) is 51.8 Å². The largest absolute Gasteiger partial charge is 0.307 e. The molecule has 0 amide bonds. The van der Waals surface area contributed by atoms with Crippen molar-refractivity contribution >= 4 is 44.5 Å². The Bertz CT molecular complexity index is 693. The van der Waals surface area contributed by atoms with E-state index >= 15 is 0 Å². The van der Waals surface area contributed by atoms with Crippen LogP contribution in [0.3, 0.4) is 0 Å². The van der Waals surface area contributed by atoms with Crippen molar-refractivity contribution in [2.45, 2.75) is 18.3 Å². The predicted molar refractivity (Wildman–Crippen MR) is 102 cm³/mol. The highest BCUT2D eigenvalue weighted by molar-refractivity contribution is 9.09. The molecule has 0 bridgehead atoms. The Morgan fingerprint density at radius 1 is 1.26 bits per heavy atom. The molecule has 1 saturated heterocycles. The minimum atomic E-state index is 0.563. The van der Waals surface area contributed by atoms with E-state index in [-0.39, 0.29) is 0 Å². The average molecular weight is 412 g/mol. The Labute approximate surface area is 154 Å². The SMILES string of the molecule is Clc1ccccc1C[N+](Cc1cccnc1)=C1NCC(CBr)S1. The number of benzene rings is 1. The summed E-state index contributed by atoms with van der Waals surface area (Å²) in [5.41, 5.74) is 2.33. The number of hydrogen-bond acceptors (Lipinski definition) is 2. The zero-order valence-electron chi connectivity index (χ0n) is 12.6. The van der Waals surface area contributed by atoms with Crippen molar-refractivity contribution in [3.63, 3.8) is 0 Å². The number of nitrogens with one attached hydrogen (secondary N) is 1. The molecule has 1 aliphatic heterocycles. The van der Waals surface area contributed by atoms with Crippen molar-refractivity contribution in [3.8, 4) is 0 Å². The van der Waals surface area contributed by atoms with Gasteiger partial charge in [-0.05, 0) is 23.9 Å². The second kappa shape index (κ2) is 8.18. The fourth-order valence-electron chi connectivity index (χ4n) is 2.46. The summed E-state index contributed by atoms with van der Waals surface area (Å²) in [6.07, 6.45) is 3.72. The van der Waals surface area contributed by atoms with Crippen molar-refractivity contribution in [2.75, 3.05) is 11.9 Å². The minimum absolute atomic E-state index is 0.563. The number of halogens is 2. The maximum absolute atomic E-state index is 6.35. The van der Waals surface area contributed by atoms with Crippen LogP contribution in [0.2, 0.25) is 5.02 Å². The third-order valence-corrected chi connectivity index (χ3v) is 6.51. The van der Waals surface area contributed by atoms with Gasteiger partial charge in [0.25, 0.3) is 0 Å². The van der Waals surface area contributed by atoms with E-state index in [9.17, 15) is 0 Å². The summed E-state index contributed by atoms with van der Waals surface area (Å²) in [6.45, 7) is 2.57. The van der Waals surface area contributed by atoms with Crippen LogP contribution in [-0.2, 0) is 13.1 Å². The normalized spacial score (nSPS) is 19.5. The molecule has 0 aliphatic carbocycles. The van der Waals surface area contributed by atoms with E-state index < -0.39 is 0 Å². The van der Waals surface area contributed by atoms with Crippen LogP contribution >= 0.6 is 39.3 Å². The van der Waals surface area contributed by atoms with Gasteiger partial charge in [-0.2, -0.15) is 0 Å². The number of aromatic nitrogens is 1. The number of rotatable bonds is 5. The maximum Gasteiger partial charge on any atom is 0.307 e. The molecular weight excluding hydrogens is 394 g/mol. The van der Waals surface area contributed by atoms with Gasteiger partial charge in [0.15, 0.2) is 0 Å². The number of nitrogens with zero attached hydrogens (tertiary/aromatic N) is 2. The molecule has 1 N–H and O–H groups in total. The molecule has 0 radical (unpaired) electrons. The van der Waals surface area contributed by atoms with Crippen LogP contribution in [0.1, 0.15) is 11.1 Å². The molecule has 2 aromatic rings. The van der Waals surface area contributed by atoms with Crippen molar-refractivity contribution in [3.05, 3.63) is 64.9 Å². The van der Waals surface area contributed by atoms with Gasteiger partial charge in [-0.15, -0.1) is 0 Å². The van der Waals surface area contributed by atoms with E-state index in [1.165, 1.54) is 10.7 Å². The summed E-state index contributed by atoms with van der Waals surface area (Å²) in [4.78, 5) is 4.22. The molecule has 1 atom stereocenters. The van der Waals surface area contributed by atoms with Crippen molar-refractivity contribution in [1.82, 2.24) is 10.3 Å². The number of thioether (sulfide) groups is 1. The zero-order chi connectivity index (χ0) is 16.1. The topological polar surface area (TPSA) is 27.9 Å². The van der Waals surface area contributed by atoms with Crippen LogP contribution in [0, 0.1) is 0 Å². The maximum atomic E-state index is 6.35. The third kappa shape index (κ3) is 4.49. The molecule has 1 aliphatic rings. The molecule has 1 aromatic carbocycles. The van der Waals surface area contributed by atoms with Gasteiger partial charge in [0.2, 0.25) is 0 Å². The molecular formula is C17H18BrClN3S+. The fraction of sp³-hybridized carbons (Fsp3) is 0.294. The van der Waals surface area contributed by atoms with Crippen LogP contribution < -0.4 is 5.32 Å². The second-order valence-corrected chi connectivity index (χ2v) is 7.73. The number of pyridine rings is 1. The molecule has 1 aromatic heterocycles. The molecule has 2 heterocycles. The van der Waals surface area contributed by atoms with Crippen LogP contribution in [0.5, 0.6) is 0 Å². The Morgan fingerprint density at radius 2 is 2.13 bits per heavy atom. The van der Waals surface area contributed by atoms with Gasteiger partial charge < -0.3 is 0 Å². The van der Waals surface area contributed by atoms with E-state index in [1.807, 2.05) is 42.2 Å². The molecule has 6 heteroatoms. The molecule has 3 rings (SSSR count).